The molecule has 0 fully saturated rings. The minimum Gasteiger partial charge on any atom is -0.360 e. The lowest BCUT2D eigenvalue weighted by molar-refractivity contribution is 0.0939. The van der Waals surface area contributed by atoms with Crippen LogP contribution in [-0.2, 0) is 0 Å². The van der Waals surface area contributed by atoms with Gasteiger partial charge in [-0.3, -0.25) is 4.79 Å². The van der Waals surface area contributed by atoms with E-state index >= 15 is 0 Å². The minimum absolute atomic E-state index is 0.141. The number of carbonyl (C=O) groups excluding carboxylic acids is 1. The van der Waals surface area contributed by atoms with E-state index in [0.29, 0.717) is 21.4 Å². The summed E-state index contributed by atoms with van der Waals surface area (Å²) in [6.45, 7) is 3.66. The quantitative estimate of drug-likeness (QED) is 0.734. The summed E-state index contributed by atoms with van der Waals surface area (Å²) >= 11 is 7.40. The SMILES string of the molecule is Cc1onc(-c2ccccc2)c1C(=O)NC(C)c1ccc(Cl)s1. The molecule has 1 aromatic carbocycles. The molecule has 23 heavy (non-hydrogen) atoms. The summed E-state index contributed by atoms with van der Waals surface area (Å²) < 4.78 is 5.93. The Balaban J connectivity index is 1.87. The van der Waals surface area contributed by atoms with Crippen LogP contribution in [-0.4, -0.2) is 11.1 Å². The molecule has 0 spiro atoms. The smallest absolute Gasteiger partial charge is 0.257 e. The number of hydrogen-bond donors (Lipinski definition) is 1. The molecule has 4 nitrogen and oxygen atoms in total. The van der Waals surface area contributed by atoms with Gasteiger partial charge in [0.15, 0.2) is 0 Å². The molecule has 2 heterocycles. The van der Waals surface area contributed by atoms with Crippen LogP contribution in [0, 0.1) is 6.92 Å². The van der Waals surface area contributed by atoms with Crippen LogP contribution in [0.1, 0.15) is 34.0 Å². The number of nitrogens with zero attached hydrogens (tertiary/aromatic N) is 1. The van der Waals surface area contributed by atoms with Gasteiger partial charge in [-0.15, -0.1) is 11.3 Å². The van der Waals surface area contributed by atoms with Crippen molar-refractivity contribution in [3.63, 3.8) is 0 Å². The summed E-state index contributed by atoms with van der Waals surface area (Å²) in [6.07, 6.45) is 0. The van der Waals surface area contributed by atoms with Gasteiger partial charge in [0, 0.05) is 10.4 Å². The minimum atomic E-state index is -0.209. The molecule has 0 aliphatic carbocycles. The van der Waals surface area contributed by atoms with Crippen LogP contribution in [0.5, 0.6) is 0 Å². The first-order chi connectivity index (χ1) is 11.1. The number of aryl methyl sites for hydroxylation is 1. The van der Waals surface area contributed by atoms with Crippen molar-refractivity contribution in [2.75, 3.05) is 0 Å². The normalized spacial score (nSPS) is 12.1. The van der Waals surface area contributed by atoms with E-state index in [2.05, 4.69) is 10.5 Å². The fourth-order valence-corrected chi connectivity index (χ4v) is 3.40. The number of halogens is 1. The Morgan fingerprint density at radius 1 is 1.26 bits per heavy atom. The predicted molar refractivity (Wildman–Crippen MR) is 91.9 cm³/mol. The molecule has 3 aromatic rings. The Hall–Kier alpha value is -2.11. The van der Waals surface area contributed by atoms with Crippen molar-refractivity contribution < 1.29 is 9.32 Å². The maximum Gasteiger partial charge on any atom is 0.257 e. The zero-order valence-corrected chi connectivity index (χ0v) is 14.2. The van der Waals surface area contributed by atoms with Crippen molar-refractivity contribution in [3.05, 3.63) is 63.0 Å². The van der Waals surface area contributed by atoms with E-state index in [0.717, 1.165) is 10.4 Å². The first-order valence-electron chi connectivity index (χ1n) is 7.14. The van der Waals surface area contributed by atoms with E-state index < -0.39 is 0 Å². The molecule has 0 bridgehead atoms. The zero-order chi connectivity index (χ0) is 16.4. The van der Waals surface area contributed by atoms with E-state index in [9.17, 15) is 4.79 Å². The number of benzene rings is 1. The topological polar surface area (TPSA) is 55.1 Å². The van der Waals surface area contributed by atoms with Crippen molar-refractivity contribution >= 4 is 28.8 Å². The third-order valence-electron chi connectivity index (χ3n) is 3.51. The highest BCUT2D eigenvalue weighted by molar-refractivity contribution is 7.16. The number of nitrogens with one attached hydrogen (secondary N) is 1. The van der Waals surface area contributed by atoms with Crippen LogP contribution in [0.4, 0.5) is 0 Å². The molecule has 0 saturated heterocycles. The van der Waals surface area contributed by atoms with E-state index in [4.69, 9.17) is 16.1 Å². The van der Waals surface area contributed by atoms with Crippen molar-refractivity contribution in [2.24, 2.45) is 0 Å². The Labute approximate surface area is 143 Å². The molecule has 118 valence electrons. The average molecular weight is 347 g/mol. The molecule has 0 saturated carbocycles. The molecule has 0 aliphatic rings. The van der Waals surface area contributed by atoms with Crippen LogP contribution in [0.2, 0.25) is 4.34 Å². The molecule has 1 amide bonds. The highest BCUT2D eigenvalue weighted by Gasteiger charge is 2.23. The fraction of sp³-hybridized carbons (Fsp3) is 0.176. The van der Waals surface area contributed by atoms with Crippen molar-refractivity contribution in [2.45, 2.75) is 19.9 Å². The van der Waals surface area contributed by atoms with Gasteiger partial charge < -0.3 is 9.84 Å². The van der Waals surface area contributed by atoms with Crippen molar-refractivity contribution in [1.29, 1.82) is 0 Å². The third-order valence-corrected chi connectivity index (χ3v) is 4.92. The summed E-state index contributed by atoms with van der Waals surface area (Å²) in [6, 6.07) is 13.1. The van der Waals surface area contributed by atoms with Crippen LogP contribution in [0.25, 0.3) is 11.3 Å². The van der Waals surface area contributed by atoms with Gasteiger partial charge in [-0.2, -0.15) is 0 Å². The predicted octanol–water partition coefficient (Wildman–Crippen LogP) is 4.86. The third kappa shape index (κ3) is 3.30. The summed E-state index contributed by atoms with van der Waals surface area (Å²) in [5, 5.41) is 7.01. The first kappa shape index (κ1) is 15.8. The van der Waals surface area contributed by atoms with Gasteiger partial charge in [-0.05, 0) is 26.0 Å². The van der Waals surface area contributed by atoms with Gasteiger partial charge in [-0.25, -0.2) is 0 Å². The van der Waals surface area contributed by atoms with Crippen molar-refractivity contribution in [1.82, 2.24) is 10.5 Å². The summed E-state index contributed by atoms with van der Waals surface area (Å²) in [7, 11) is 0. The lowest BCUT2D eigenvalue weighted by Gasteiger charge is -2.12. The zero-order valence-electron chi connectivity index (χ0n) is 12.7. The molecular weight excluding hydrogens is 332 g/mol. The van der Waals surface area contributed by atoms with Crippen LogP contribution >= 0.6 is 22.9 Å². The highest BCUT2D eigenvalue weighted by atomic mass is 35.5. The Bertz CT molecular complexity index is 826. The van der Waals surface area contributed by atoms with Gasteiger partial charge in [0.1, 0.15) is 17.0 Å². The standard InChI is InChI=1S/C17H15ClN2O2S/c1-10(13-8-9-14(18)23-13)19-17(21)15-11(2)22-20-16(15)12-6-4-3-5-7-12/h3-10H,1-2H3,(H,19,21). The number of aromatic nitrogens is 1. The number of thiophene rings is 1. The number of rotatable bonds is 4. The molecule has 1 N–H and O–H groups in total. The maximum absolute atomic E-state index is 12.7. The van der Waals surface area contributed by atoms with Crippen molar-refractivity contribution in [3.8, 4) is 11.3 Å². The highest BCUT2D eigenvalue weighted by Crippen LogP contribution is 2.28. The summed E-state index contributed by atoms with van der Waals surface area (Å²) in [5.74, 6) is 0.289. The van der Waals surface area contributed by atoms with E-state index in [1.807, 2.05) is 49.4 Å². The molecule has 2 aromatic heterocycles. The second-order valence-corrected chi connectivity index (χ2v) is 6.91. The number of hydrogen-bond acceptors (Lipinski definition) is 4. The second-order valence-electron chi connectivity index (χ2n) is 5.17. The van der Waals surface area contributed by atoms with E-state index in [1.165, 1.54) is 11.3 Å². The Morgan fingerprint density at radius 2 is 2.00 bits per heavy atom. The summed E-state index contributed by atoms with van der Waals surface area (Å²) in [4.78, 5) is 13.7. The lowest BCUT2D eigenvalue weighted by atomic mass is 10.1. The molecule has 1 atom stereocenters. The van der Waals surface area contributed by atoms with Gasteiger partial charge in [-0.1, -0.05) is 47.1 Å². The molecule has 0 radical (unpaired) electrons. The van der Waals surface area contributed by atoms with Gasteiger partial charge in [0.2, 0.25) is 0 Å². The Kier molecular flexibility index (Phi) is 4.50. The average Bonchev–Trinajstić information content (AvgIpc) is 3.14. The van der Waals surface area contributed by atoms with Crippen LogP contribution in [0.3, 0.4) is 0 Å². The largest absolute Gasteiger partial charge is 0.360 e. The molecule has 1 unspecified atom stereocenters. The molecular formula is C17H15ClN2O2S. The van der Waals surface area contributed by atoms with Crippen LogP contribution in [0.15, 0.2) is 47.0 Å². The Morgan fingerprint density at radius 3 is 2.65 bits per heavy atom. The van der Waals surface area contributed by atoms with Gasteiger partial charge in [0.25, 0.3) is 5.91 Å². The monoisotopic (exact) mass is 346 g/mol. The van der Waals surface area contributed by atoms with E-state index in [1.54, 1.807) is 6.92 Å². The first-order valence-corrected chi connectivity index (χ1v) is 8.33. The summed E-state index contributed by atoms with van der Waals surface area (Å²) in [5.41, 5.74) is 1.86. The number of amides is 1. The molecule has 0 aliphatic heterocycles. The van der Waals surface area contributed by atoms with Gasteiger partial charge in [0.05, 0.1) is 10.4 Å². The second kappa shape index (κ2) is 6.56. The fourth-order valence-electron chi connectivity index (χ4n) is 2.33. The van der Waals surface area contributed by atoms with Crippen LogP contribution < -0.4 is 5.32 Å². The molecule has 6 heteroatoms. The lowest BCUT2D eigenvalue weighted by Crippen LogP contribution is -2.26. The van der Waals surface area contributed by atoms with E-state index in [-0.39, 0.29) is 11.9 Å². The maximum atomic E-state index is 12.7. The molecule has 3 rings (SSSR count). The van der Waals surface area contributed by atoms with Gasteiger partial charge >= 0.3 is 0 Å². The number of carbonyl (C=O) groups is 1.